The van der Waals surface area contributed by atoms with Crippen LogP contribution < -0.4 is 0 Å². The van der Waals surface area contributed by atoms with Gasteiger partial charge in [-0.1, -0.05) is 30.3 Å². The van der Waals surface area contributed by atoms with Gasteiger partial charge in [-0.05, 0) is 19.4 Å². The molecule has 1 heteroatoms. The van der Waals surface area contributed by atoms with Gasteiger partial charge < -0.3 is 0 Å². The van der Waals surface area contributed by atoms with Gasteiger partial charge in [-0.25, -0.2) is 0 Å². The van der Waals surface area contributed by atoms with Crippen molar-refractivity contribution in [3.05, 3.63) is 35.9 Å². The molecule has 54 valence electrons. The molecule has 0 radical (unpaired) electrons. The maximum Gasteiger partial charge on any atom is 0.0322 e. The third-order valence-electron chi connectivity index (χ3n) is 1.48. The van der Waals surface area contributed by atoms with Crippen LogP contribution in [0.2, 0.25) is 0 Å². The number of rotatable bonds is 1. The molecule has 0 aliphatic heterocycles. The fraction of sp³-hybridized carbons (Fsp3) is 0.333. The molecule has 0 saturated carbocycles. The highest BCUT2D eigenvalue weighted by Crippen LogP contribution is 2.25. The summed E-state index contributed by atoms with van der Waals surface area (Å²) in [5, 5.41) is 0. The summed E-state index contributed by atoms with van der Waals surface area (Å²) >= 11 is 4.44. The summed E-state index contributed by atoms with van der Waals surface area (Å²) in [6.07, 6.45) is 0. The van der Waals surface area contributed by atoms with Crippen molar-refractivity contribution in [1.29, 1.82) is 0 Å². The number of hydrogen-bond acceptors (Lipinski definition) is 1. The van der Waals surface area contributed by atoms with E-state index >= 15 is 0 Å². The van der Waals surface area contributed by atoms with Gasteiger partial charge >= 0.3 is 0 Å². The van der Waals surface area contributed by atoms with Crippen LogP contribution in [-0.4, -0.2) is 0 Å². The van der Waals surface area contributed by atoms with E-state index in [0.29, 0.717) is 0 Å². The van der Waals surface area contributed by atoms with Crippen LogP contribution >= 0.6 is 12.6 Å². The Kier molecular flexibility index (Phi) is 2.05. The van der Waals surface area contributed by atoms with E-state index in [1.165, 1.54) is 5.56 Å². The van der Waals surface area contributed by atoms with Gasteiger partial charge in [0, 0.05) is 4.75 Å². The number of hydrogen-bond donors (Lipinski definition) is 1. The maximum atomic E-state index is 4.44. The van der Waals surface area contributed by atoms with Crippen LogP contribution in [0.5, 0.6) is 0 Å². The quantitative estimate of drug-likeness (QED) is 0.588. The second-order valence-corrected chi connectivity index (χ2v) is 4.04. The Morgan fingerprint density at radius 3 is 1.90 bits per heavy atom. The first-order valence-corrected chi connectivity index (χ1v) is 3.83. The van der Waals surface area contributed by atoms with Crippen LogP contribution in [0.25, 0.3) is 0 Å². The van der Waals surface area contributed by atoms with Crippen molar-refractivity contribution in [2.75, 3.05) is 0 Å². The van der Waals surface area contributed by atoms with Crippen molar-refractivity contribution in [2.45, 2.75) is 18.6 Å². The Balaban J connectivity index is 2.97. The lowest BCUT2D eigenvalue weighted by atomic mass is 10.0. The average Bonchev–Trinajstić information content (AvgIpc) is 1.88. The minimum Gasteiger partial charge on any atom is -0.168 e. The molecule has 1 aromatic carbocycles. The van der Waals surface area contributed by atoms with Crippen LogP contribution in [0.4, 0.5) is 0 Å². The zero-order valence-corrected chi connectivity index (χ0v) is 7.23. The van der Waals surface area contributed by atoms with Gasteiger partial charge in [0.25, 0.3) is 0 Å². The largest absolute Gasteiger partial charge is 0.168 e. The molecular weight excluding hydrogens is 140 g/mol. The highest BCUT2D eigenvalue weighted by Gasteiger charge is 2.12. The van der Waals surface area contributed by atoms with Crippen LogP contribution in [0.1, 0.15) is 19.4 Å². The minimum absolute atomic E-state index is 0.0126. The van der Waals surface area contributed by atoms with Gasteiger partial charge in [-0.3, -0.25) is 0 Å². The van der Waals surface area contributed by atoms with Gasteiger partial charge in [0.1, 0.15) is 0 Å². The molecule has 0 bridgehead atoms. The number of thiol groups is 1. The van der Waals surface area contributed by atoms with Gasteiger partial charge in [0.2, 0.25) is 0 Å². The second kappa shape index (κ2) is 2.67. The first kappa shape index (κ1) is 7.67. The Morgan fingerprint density at radius 2 is 1.60 bits per heavy atom. The predicted octanol–water partition coefficient (Wildman–Crippen LogP) is 2.85. The molecule has 0 aliphatic carbocycles. The van der Waals surface area contributed by atoms with E-state index in [1.54, 1.807) is 0 Å². The van der Waals surface area contributed by atoms with E-state index in [-0.39, 0.29) is 4.75 Å². The lowest BCUT2D eigenvalue weighted by Crippen LogP contribution is -2.06. The Bertz CT molecular complexity index is 196. The minimum atomic E-state index is -0.0126. The van der Waals surface area contributed by atoms with E-state index in [1.807, 2.05) is 18.2 Å². The highest BCUT2D eigenvalue weighted by atomic mass is 32.1. The predicted molar refractivity (Wildman–Crippen MR) is 48.5 cm³/mol. The summed E-state index contributed by atoms with van der Waals surface area (Å²) in [5.41, 5.74) is 1.26. The molecule has 0 N–H and O–H groups in total. The van der Waals surface area contributed by atoms with Crippen molar-refractivity contribution < 1.29 is 0 Å². The van der Waals surface area contributed by atoms with Crippen LogP contribution in [0, 0.1) is 0 Å². The standard InChI is InChI=1S/C9H12S/c1-9(2,10)8-6-4-3-5-7-8/h3-7,10H,1-2H3. The zero-order chi connectivity index (χ0) is 7.61. The van der Waals surface area contributed by atoms with Crippen molar-refractivity contribution in [3.63, 3.8) is 0 Å². The fourth-order valence-electron chi connectivity index (χ4n) is 0.846. The Morgan fingerprint density at radius 1 is 1.10 bits per heavy atom. The van der Waals surface area contributed by atoms with Crippen molar-refractivity contribution in [1.82, 2.24) is 0 Å². The molecule has 0 aliphatic rings. The SMILES string of the molecule is CC(C)(S)c1ccccc1. The zero-order valence-electron chi connectivity index (χ0n) is 6.33. The normalized spacial score (nSPS) is 11.5. The van der Waals surface area contributed by atoms with Gasteiger partial charge in [-0.15, -0.1) is 0 Å². The van der Waals surface area contributed by atoms with Crippen LogP contribution in [0.3, 0.4) is 0 Å². The molecule has 0 heterocycles. The Labute approximate surface area is 67.7 Å². The highest BCUT2D eigenvalue weighted by molar-refractivity contribution is 7.81. The topological polar surface area (TPSA) is 0 Å². The van der Waals surface area contributed by atoms with Crippen molar-refractivity contribution in [3.8, 4) is 0 Å². The Hall–Kier alpha value is -0.430. The third-order valence-corrected chi connectivity index (χ3v) is 1.74. The second-order valence-electron chi connectivity index (χ2n) is 2.93. The van der Waals surface area contributed by atoms with Crippen LogP contribution in [-0.2, 0) is 4.75 Å². The molecule has 1 aromatic rings. The fourth-order valence-corrected chi connectivity index (χ4v) is 0.995. The molecule has 1 rings (SSSR count). The van der Waals surface area contributed by atoms with E-state index < -0.39 is 0 Å². The summed E-state index contributed by atoms with van der Waals surface area (Å²) in [4.78, 5) is 0. The summed E-state index contributed by atoms with van der Waals surface area (Å²) < 4.78 is -0.0126. The van der Waals surface area contributed by atoms with Crippen LogP contribution in [0.15, 0.2) is 30.3 Å². The van der Waals surface area contributed by atoms with E-state index in [0.717, 1.165) is 0 Å². The monoisotopic (exact) mass is 152 g/mol. The molecular formula is C9H12S. The first-order chi connectivity index (χ1) is 4.61. The molecule has 0 unspecified atom stereocenters. The van der Waals surface area contributed by atoms with E-state index in [9.17, 15) is 0 Å². The third kappa shape index (κ3) is 1.77. The molecule has 0 aromatic heterocycles. The lowest BCUT2D eigenvalue weighted by Gasteiger charge is -2.16. The molecule has 0 spiro atoms. The van der Waals surface area contributed by atoms with Crippen molar-refractivity contribution >= 4 is 12.6 Å². The number of benzene rings is 1. The summed E-state index contributed by atoms with van der Waals surface area (Å²) in [7, 11) is 0. The molecule has 0 amide bonds. The van der Waals surface area contributed by atoms with Gasteiger partial charge in [0.15, 0.2) is 0 Å². The molecule has 0 atom stereocenters. The van der Waals surface area contributed by atoms with Crippen molar-refractivity contribution in [2.24, 2.45) is 0 Å². The smallest absolute Gasteiger partial charge is 0.0322 e. The first-order valence-electron chi connectivity index (χ1n) is 3.38. The summed E-state index contributed by atoms with van der Waals surface area (Å²) in [5.74, 6) is 0. The lowest BCUT2D eigenvalue weighted by molar-refractivity contribution is 0.791. The molecule has 0 fully saturated rings. The molecule has 0 saturated heterocycles. The van der Waals surface area contributed by atoms with Gasteiger partial charge in [0.05, 0.1) is 0 Å². The van der Waals surface area contributed by atoms with E-state index in [2.05, 4.69) is 38.6 Å². The summed E-state index contributed by atoms with van der Waals surface area (Å²) in [6.45, 7) is 4.18. The average molecular weight is 152 g/mol. The molecule has 0 nitrogen and oxygen atoms in total. The van der Waals surface area contributed by atoms with Gasteiger partial charge in [-0.2, -0.15) is 12.6 Å². The van der Waals surface area contributed by atoms with E-state index in [4.69, 9.17) is 0 Å². The summed E-state index contributed by atoms with van der Waals surface area (Å²) in [6, 6.07) is 10.3. The maximum absolute atomic E-state index is 4.44. The molecule has 10 heavy (non-hydrogen) atoms.